The van der Waals surface area contributed by atoms with Gasteiger partial charge in [-0.25, -0.2) is 0 Å². The molecule has 1 atom stereocenters. The van der Waals surface area contributed by atoms with E-state index in [0.717, 1.165) is 28.2 Å². The lowest BCUT2D eigenvalue weighted by Crippen LogP contribution is -2.43. The molecule has 0 saturated carbocycles. The lowest BCUT2D eigenvalue weighted by Gasteiger charge is -2.31. The van der Waals surface area contributed by atoms with Crippen molar-refractivity contribution >= 4 is 52.0 Å². The van der Waals surface area contributed by atoms with Crippen LogP contribution in [-0.2, 0) is 4.79 Å². The third kappa shape index (κ3) is 5.43. The van der Waals surface area contributed by atoms with Crippen molar-refractivity contribution in [2.24, 2.45) is 5.92 Å². The number of anilines is 2. The van der Waals surface area contributed by atoms with Gasteiger partial charge in [-0.05, 0) is 68.1 Å². The molecule has 0 unspecified atom stereocenters. The molecule has 34 heavy (non-hydrogen) atoms. The van der Waals surface area contributed by atoms with Gasteiger partial charge >= 0.3 is 0 Å². The number of amides is 3. The van der Waals surface area contributed by atoms with Gasteiger partial charge < -0.3 is 15.5 Å². The van der Waals surface area contributed by atoms with E-state index in [-0.39, 0.29) is 27.7 Å². The minimum absolute atomic E-state index is 0.0829. The summed E-state index contributed by atoms with van der Waals surface area (Å²) < 4.78 is 0. The normalized spacial score (nSPS) is 15.6. The summed E-state index contributed by atoms with van der Waals surface area (Å²) in [6.07, 6.45) is 1.41. The lowest BCUT2D eigenvalue weighted by molar-refractivity contribution is -0.121. The topological polar surface area (TPSA) is 104 Å². The molecule has 0 aliphatic carbocycles. The molecule has 2 N–H and O–H groups in total. The summed E-state index contributed by atoms with van der Waals surface area (Å²) in [6, 6.07) is 12.5. The smallest absolute Gasteiger partial charge is 0.286 e. The van der Waals surface area contributed by atoms with Gasteiger partial charge in [0.2, 0.25) is 15.9 Å². The Morgan fingerprint density at radius 3 is 2.53 bits per heavy atom. The van der Waals surface area contributed by atoms with Crippen molar-refractivity contribution in [2.75, 3.05) is 23.7 Å². The van der Waals surface area contributed by atoms with Crippen LogP contribution in [0, 0.1) is 19.8 Å². The highest BCUT2D eigenvalue weighted by Gasteiger charge is 2.31. The molecule has 2 aromatic carbocycles. The number of carbonyl (C=O) groups excluding carboxylic acids is 3. The molecule has 0 spiro atoms. The number of aromatic nitrogens is 2. The van der Waals surface area contributed by atoms with Crippen molar-refractivity contribution in [2.45, 2.75) is 26.7 Å². The Hall–Kier alpha value is -3.30. The summed E-state index contributed by atoms with van der Waals surface area (Å²) in [7, 11) is 0. The van der Waals surface area contributed by atoms with Gasteiger partial charge in [0.1, 0.15) is 0 Å². The van der Waals surface area contributed by atoms with E-state index in [1.54, 1.807) is 29.2 Å². The molecule has 1 aliphatic rings. The Labute approximate surface area is 206 Å². The zero-order valence-corrected chi connectivity index (χ0v) is 20.4. The van der Waals surface area contributed by atoms with Gasteiger partial charge in [-0.1, -0.05) is 35.1 Å². The molecule has 1 aromatic heterocycles. The van der Waals surface area contributed by atoms with Gasteiger partial charge in [0.15, 0.2) is 0 Å². The van der Waals surface area contributed by atoms with Crippen molar-refractivity contribution in [1.82, 2.24) is 15.1 Å². The number of nitrogens with one attached hydrogen (secondary N) is 2. The molecular formula is C24H24ClN5O3S. The van der Waals surface area contributed by atoms with E-state index in [4.69, 9.17) is 11.6 Å². The highest BCUT2D eigenvalue weighted by Crippen LogP contribution is 2.24. The van der Waals surface area contributed by atoms with Crippen LogP contribution in [0.3, 0.4) is 0 Å². The van der Waals surface area contributed by atoms with Crippen LogP contribution in [0.5, 0.6) is 0 Å². The zero-order chi connectivity index (χ0) is 24.2. The number of rotatable bonds is 5. The van der Waals surface area contributed by atoms with E-state index in [0.29, 0.717) is 36.6 Å². The number of benzene rings is 2. The average molecular weight is 498 g/mol. The van der Waals surface area contributed by atoms with Gasteiger partial charge in [-0.2, -0.15) is 0 Å². The minimum Gasteiger partial charge on any atom is -0.336 e. The molecule has 8 nitrogen and oxygen atoms in total. The first kappa shape index (κ1) is 23.8. The van der Waals surface area contributed by atoms with E-state index in [1.807, 2.05) is 32.0 Å². The van der Waals surface area contributed by atoms with Crippen molar-refractivity contribution in [1.29, 1.82) is 0 Å². The van der Waals surface area contributed by atoms with Crippen molar-refractivity contribution < 1.29 is 14.4 Å². The number of halogens is 1. The molecule has 0 bridgehead atoms. The molecular weight excluding hydrogens is 474 g/mol. The summed E-state index contributed by atoms with van der Waals surface area (Å²) in [4.78, 5) is 40.0. The second-order valence-electron chi connectivity index (χ2n) is 8.20. The van der Waals surface area contributed by atoms with Gasteiger partial charge in [-0.15, -0.1) is 10.2 Å². The summed E-state index contributed by atoms with van der Waals surface area (Å²) in [6.45, 7) is 4.79. The predicted octanol–water partition coefficient (Wildman–Crippen LogP) is 4.55. The summed E-state index contributed by atoms with van der Waals surface area (Å²) in [5, 5.41) is 14.3. The number of hydrogen-bond donors (Lipinski definition) is 2. The third-order valence-electron chi connectivity index (χ3n) is 5.85. The third-order valence-corrected chi connectivity index (χ3v) is 7.01. The predicted molar refractivity (Wildman–Crippen MR) is 132 cm³/mol. The Balaban J connectivity index is 1.38. The maximum atomic E-state index is 13.0. The number of piperidine rings is 1. The molecule has 0 radical (unpaired) electrons. The van der Waals surface area contributed by atoms with Gasteiger partial charge in [0, 0.05) is 29.5 Å². The molecule has 3 aromatic rings. The monoisotopic (exact) mass is 497 g/mol. The molecule has 4 rings (SSSR count). The largest absolute Gasteiger partial charge is 0.336 e. The van der Waals surface area contributed by atoms with Crippen molar-refractivity contribution in [3.05, 3.63) is 68.6 Å². The van der Waals surface area contributed by atoms with Crippen LogP contribution >= 0.6 is 22.9 Å². The average Bonchev–Trinajstić information content (AvgIpc) is 3.33. The van der Waals surface area contributed by atoms with Crippen molar-refractivity contribution in [3.63, 3.8) is 0 Å². The molecule has 2 heterocycles. The van der Waals surface area contributed by atoms with Crippen LogP contribution in [-0.4, -0.2) is 45.9 Å². The lowest BCUT2D eigenvalue weighted by atomic mass is 9.96. The maximum absolute atomic E-state index is 13.0. The van der Waals surface area contributed by atoms with Crippen LogP contribution in [0.1, 0.15) is 43.6 Å². The fraction of sp³-hybridized carbons (Fsp3) is 0.292. The fourth-order valence-electron chi connectivity index (χ4n) is 3.75. The molecule has 1 saturated heterocycles. The number of likely N-dealkylation sites (tertiary alicyclic amines) is 1. The van der Waals surface area contributed by atoms with Gasteiger partial charge in [0.25, 0.3) is 11.8 Å². The maximum Gasteiger partial charge on any atom is 0.286 e. The Kier molecular flexibility index (Phi) is 7.23. The number of carbonyl (C=O) groups is 3. The van der Waals surface area contributed by atoms with E-state index >= 15 is 0 Å². The molecule has 1 fully saturated rings. The number of aryl methyl sites for hydroxylation is 1. The van der Waals surface area contributed by atoms with Crippen LogP contribution in [0.15, 0.2) is 42.5 Å². The van der Waals surface area contributed by atoms with Crippen LogP contribution < -0.4 is 10.6 Å². The zero-order valence-electron chi connectivity index (χ0n) is 18.8. The summed E-state index contributed by atoms with van der Waals surface area (Å²) >= 11 is 6.79. The van der Waals surface area contributed by atoms with Gasteiger partial charge in [0.05, 0.1) is 5.92 Å². The molecule has 3 amide bonds. The second-order valence-corrected chi connectivity index (χ2v) is 9.61. The first-order chi connectivity index (χ1) is 16.3. The molecule has 1 aliphatic heterocycles. The van der Waals surface area contributed by atoms with Crippen LogP contribution in [0.4, 0.5) is 11.4 Å². The van der Waals surface area contributed by atoms with E-state index < -0.39 is 5.91 Å². The summed E-state index contributed by atoms with van der Waals surface area (Å²) in [5.41, 5.74) is 3.48. The van der Waals surface area contributed by atoms with Crippen molar-refractivity contribution in [3.8, 4) is 0 Å². The standard InChI is InChI=1S/C24H24ClN5O3S/c1-14-5-3-7-19(15(14)2)27-20(31)16-6-4-12-30(13-16)24(33)23-29-28-22(34-23)21(32)26-18-10-8-17(25)9-11-18/h3,5,7-11,16H,4,6,12-13H2,1-2H3,(H,26,32)(H,27,31)/t16-/m0/s1. The van der Waals surface area contributed by atoms with E-state index in [2.05, 4.69) is 20.8 Å². The second kappa shape index (κ2) is 10.3. The van der Waals surface area contributed by atoms with Gasteiger partial charge in [-0.3, -0.25) is 14.4 Å². The Morgan fingerprint density at radius 2 is 1.76 bits per heavy atom. The van der Waals surface area contributed by atoms with Crippen LogP contribution in [0.2, 0.25) is 5.02 Å². The quantitative estimate of drug-likeness (QED) is 0.538. The Morgan fingerprint density at radius 1 is 1.03 bits per heavy atom. The molecule has 10 heteroatoms. The molecule has 176 valence electrons. The van der Waals surface area contributed by atoms with E-state index in [1.165, 1.54) is 0 Å². The fourth-order valence-corrected chi connectivity index (χ4v) is 4.58. The SMILES string of the molecule is Cc1cccc(NC(=O)[C@H]2CCCN(C(=O)c3nnc(C(=O)Nc4ccc(Cl)cc4)s3)C2)c1C. The number of nitrogens with zero attached hydrogens (tertiary/aromatic N) is 3. The highest BCUT2D eigenvalue weighted by molar-refractivity contribution is 7.15. The van der Waals surface area contributed by atoms with Crippen LogP contribution in [0.25, 0.3) is 0 Å². The van der Waals surface area contributed by atoms with E-state index in [9.17, 15) is 14.4 Å². The highest BCUT2D eigenvalue weighted by atomic mass is 35.5. The first-order valence-electron chi connectivity index (χ1n) is 10.9. The summed E-state index contributed by atoms with van der Waals surface area (Å²) in [5.74, 6) is -1.21. The number of hydrogen-bond acceptors (Lipinski definition) is 6. The minimum atomic E-state index is -0.455. The first-order valence-corrected chi connectivity index (χ1v) is 12.1. The Bertz CT molecular complexity index is 1230.